The molecule has 0 spiro atoms. The van der Waals surface area contributed by atoms with Crippen LogP contribution in [0.2, 0.25) is 5.02 Å². The zero-order chi connectivity index (χ0) is 20.4. The molecule has 2 unspecified atom stereocenters. The van der Waals surface area contributed by atoms with E-state index in [1.165, 1.54) is 6.07 Å². The highest BCUT2D eigenvalue weighted by molar-refractivity contribution is 6.31. The first kappa shape index (κ1) is 19.8. The lowest BCUT2D eigenvalue weighted by Crippen LogP contribution is -2.47. The molecule has 2 atom stereocenters. The molecule has 3 aromatic rings. The predicted octanol–water partition coefficient (Wildman–Crippen LogP) is 3.55. The Kier molecular flexibility index (Phi) is 5.80. The number of fused-ring (bicyclic) bond motifs is 1. The van der Waals surface area contributed by atoms with E-state index in [2.05, 4.69) is 20.4 Å². The number of hydrogen-bond donors (Lipinski definition) is 2. The molecule has 1 saturated heterocycles. The van der Waals surface area contributed by atoms with E-state index in [-0.39, 0.29) is 24.4 Å². The van der Waals surface area contributed by atoms with Crippen LogP contribution in [0.1, 0.15) is 28.9 Å². The zero-order valence-corrected chi connectivity index (χ0v) is 16.7. The second kappa shape index (κ2) is 8.49. The third kappa shape index (κ3) is 4.12. The van der Waals surface area contributed by atoms with E-state index in [4.69, 9.17) is 16.3 Å². The molecule has 2 heterocycles. The summed E-state index contributed by atoms with van der Waals surface area (Å²) in [6.07, 6.45) is 1.69. The minimum absolute atomic E-state index is 0.0197. The van der Waals surface area contributed by atoms with Gasteiger partial charge in [0, 0.05) is 35.6 Å². The number of amides is 1. The molecule has 4 rings (SSSR count). The molecule has 0 saturated carbocycles. The van der Waals surface area contributed by atoms with Crippen LogP contribution in [-0.2, 0) is 4.74 Å². The maximum absolute atomic E-state index is 14.7. The molecule has 2 N–H and O–H groups in total. The number of nitrogens with one attached hydrogen (secondary N) is 2. The van der Waals surface area contributed by atoms with E-state index in [0.29, 0.717) is 41.4 Å². The Balaban J connectivity index is 1.60. The number of H-pyrrole nitrogens is 1. The van der Waals surface area contributed by atoms with Crippen molar-refractivity contribution in [1.29, 1.82) is 0 Å². The molecule has 1 amide bonds. The Hall–Kier alpha value is -2.48. The van der Waals surface area contributed by atoms with Gasteiger partial charge < -0.3 is 10.1 Å². The fraction of sp³-hybridized carbons (Fsp3) is 0.333. The van der Waals surface area contributed by atoms with Crippen LogP contribution in [0.25, 0.3) is 10.9 Å². The molecule has 29 heavy (non-hydrogen) atoms. The van der Waals surface area contributed by atoms with Crippen molar-refractivity contribution in [3.63, 3.8) is 0 Å². The summed E-state index contributed by atoms with van der Waals surface area (Å²) in [7, 11) is 0. The van der Waals surface area contributed by atoms with Crippen LogP contribution in [0.4, 0.5) is 4.39 Å². The number of hydrogen-bond acceptors (Lipinski definition) is 4. The van der Waals surface area contributed by atoms with Crippen LogP contribution in [0.5, 0.6) is 0 Å². The summed E-state index contributed by atoms with van der Waals surface area (Å²) in [5.41, 5.74) is 1.56. The average molecular weight is 417 g/mol. The van der Waals surface area contributed by atoms with Gasteiger partial charge in [0.2, 0.25) is 0 Å². The minimum Gasteiger partial charge on any atom is -0.376 e. The summed E-state index contributed by atoms with van der Waals surface area (Å²) < 4.78 is 20.3. The van der Waals surface area contributed by atoms with Crippen molar-refractivity contribution in [1.82, 2.24) is 20.4 Å². The van der Waals surface area contributed by atoms with Crippen LogP contribution in [0.15, 0.2) is 42.6 Å². The van der Waals surface area contributed by atoms with Crippen LogP contribution < -0.4 is 5.32 Å². The monoisotopic (exact) mass is 416 g/mol. The Morgan fingerprint density at radius 2 is 2.24 bits per heavy atom. The van der Waals surface area contributed by atoms with Crippen molar-refractivity contribution in [2.24, 2.45) is 0 Å². The van der Waals surface area contributed by atoms with E-state index >= 15 is 0 Å². The second-order valence-corrected chi connectivity index (χ2v) is 7.58. The number of aromatic nitrogens is 2. The molecule has 1 fully saturated rings. The van der Waals surface area contributed by atoms with Gasteiger partial charge in [-0.05, 0) is 25.1 Å². The zero-order valence-electron chi connectivity index (χ0n) is 16.0. The molecule has 2 aromatic carbocycles. The standard InChI is InChI=1S/C21H22ClFN4O2/c1-13-12-27(8-9-29-13)18(19-16(22)6-3-7-17(19)23)11-24-21(28)15-5-2-4-14-10-25-26-20(14)15/h2-7,10,13,18H,8-9,11-12H2,1H3,(H,24,28)(H,25,26). The smallest absolute Gasteiger partial charge is 0.253 e. The molecular weight excluding hydrogens is 395 g/mol. The van der Waals surface area contributed by atoms with Gasteiger partial charge in [-0.2, -0.15) is 5.10 Å². The lowest BCUT2D eigenvalue weighted by molar-refractivity contribution is -0.0346. The number of morpholine rings is 1. The Morgan fingerprint density at radius 1 is 1.41 bits per heavy atom. The number of carbonyl (C=O) groups is 1. The van der Waals surface area contributed by atoms with Gasteiger partial charge in [-0.15, -0.1) is 0 Å². The van der Waals surface area contributed by atoms with E-state index < -0.39 is 6.04 Å². The molecule has 6 nitrogen and oxygen atoms in total. The first-order chi connectivity index (χ1) is 14.0. The molecule has 0 aliphatic carbocycles. The van der Waals surface area contributed by atoms with Crippen molar-refractivity contribution in [2.45, 2.75) is 19.1 Å². The van der Waals surface area contributed by atoms with Crippen LogP contribution in [0.3, 0.4) is 0 Å². The van der Waals surface area contributed by atoms with Gasteiger partial charge in [0.05, 0.1) is 36.0 Å². The average Bonchev–Trinajstić information content (AvgIpc) is 3.18. The molecule has 1 aliphatic heterocycles. The van der Waals surface area contributed by atoms with Gasteiger partial charge in [-0.1, -0.05) is 29.8 Å². The number of ether oxygens (including phenoxy) is 1. The number of para-hydroxylation sites is 1. The highest BCUT2D eigenvalue weighted by atomic mass is 35.5. The van der Waals surface area contributed by atoms with E-state index in [9.17, 15) is 9.18 Å². The summed E-state index contributed by atoms with van der Waals surface area (Å²) in [5.74, 6) is -0.634. The van der Waals surface area contributed by atoms with E-state index in [1.807, 2.05) is 19.1 Å². The van der Waals surface area contributed by atoms with Crippen molar-refractivity contribution in [3.8, 4) is 0 Å². The molecule has 1 aliphatic rings. The number of halogens is 2. The SMILES string of the molecule is CC1CN(C(CNC(=O)c2cccc3cn[nH]c23)c2c(F)cccc2Cl)CCO1. The topological polar surface area (TPSA) is 70.2 Å². The first-order valence-electron chi connectivity index (χ1n) is 9.54. The summed E-state index contributed by atoms with van der Waals surface area (Å²) in [4.78, 5) is 15.0. The number of carbonyl (C=O) groups excluding carboxylic acids is 1. The molecular formula is C21H22ClFN4O2. The Bertz CT molecular complexity index is 1000. The van der Waals surface area contributed by atoms with Crippen molar-refractivity contribution >= 4 is 28.4 Å². The van der Waals surface area contributed by atoms with Crippen molar-refractivity contribution < 1.29 is 13.9 Å². The van der Waals surface area contributed by atoms with Gasteiger partial charge in [0.1, 0.15) is 5.82 Å². The fourth-order valence-electron chi connectivity index (χ4n) is 3.81. The Morgan fingerprint density at radius 3 is 3.03 bits per heavy atom. The van der Waals surface area contributed by atoms with Gasteiger partial charge in [0.25, 0.3) is 5.91 Å². The first-order valence-corrected chi connectivity index (χ1v) is 9.92. The lowest BCUT2D eigenvalue weighted by atomic mass is 10.0. The molecule has 0 radical (unpaired) electrons. The number of nitrogens with zero attached hydrogens (tertiary/aromatic N) is 2. The molecule has 8 heteroatoms. The van der Waals surface area contributed by atoms with E-state index in [1.54, 1.807) is 24.4 Å². The number of benzene rings is 2. The van der Waals surface area contributed by atoms with Gasteiger partial charge >= 0.3 is 0 Å². The number of aromatic amines is 1. The quantitative estimate of drug-likeness (QED) is 0.667. The van der Waals surface area contributed by atoms with Crippen molar-refractivity contribution in [2.75, 3.05) is 26.2 Å². The number of rotatable bonds is 5. The van der Waals surface area contributed by atoms with Crippen molar-refractivity contribution in [3.05, 3.63) is 64.6 Å². The van der Waals surface area contributed by atoms with Crippen LogP contribution in [-0.4, -0.2) is 53.3 Å². The molecule has 1 aromatic heterocycles. The fourth-order valence-corrected chi connectivity index (χ4v) is 4.10. The summed E-state index contributed by atoms with van der Waals surface area (Å²) in [6.45, 7) is 4.00. The van der Waals surface area contributed by atoms with Gasteiger partial charge in [-0.25, -0.2) is 4.39 Å². The van der Waals surface area contributed by atoms with Gasteiger partial charge in [-0.3, -0.25) is 14.8 Å². The minimum atomic E-state index is -0.403. The Labute approximate surface area is 173 Å². The van der Waals surface area contributed by atoms with Crippen LogP contribution in [0, 0.1) is 5.82 Å². The summed E-state index contributed by atoms with van der Waals surface area (Å²) in [5, 5.41) is 11.0. The maximum atomic E-state index is 14.7. The largest absolute Gasteiger partial charge is 0.376 e. The molecule has 0 bridgehead atoms. The third-order valence-corrected chi connectivity index (χ3v) is 5.55. The highest BCUT2D eigenvalue weighted by Crippen LogP contribution is 2.31. The maximum Gasteiger partial charge on any atom is 0.253 e. The molecule has 152 valence electrons. The summed E-state index contributed by atoms with van der Waals surface area (Å²) >= 11 is 6.35. The predicted molar refractivity (Wildman–Crippen MR) is 110 cm³/mol. The second-order valence-electron chi connectivity index (χ2n) is 7.18. The van der Waals surface area contributed by atoms with Gasteiger partial charge in [0.15, 0.2) is 0 Å². The van der Waals surface area contributed by atoms with E-state index in [0.717, 1.165) is 5.39 Å². The van der Waals surface area contributed by atoms with Crippen LogP contribution >= 0.6 is 11.6 Å². The summed E-state index contributed by atoms with van der Waals surface area (Å²) in [6, 6.07) is 9.67. The highest BCUT2D eigenvalue weighted by Gasteiger charge is 2.29. The third-order valence-electron chi connectivity index (χ3n) is 5.22. The lowest BCUT2D eigenvalue weighted by Gasteiger charge is -2.38. The normalized spacial score (nSPS) is 18.7.